The standard InChI is InChI=1S/C16H16BrNOS/c1-11(2)20-15-9-4-3-8-14(15)16(19)18-13-7-5-6-12(17)10-13/h3-11H,1-2H3,(H,18,19). The molecule has 0 fully saturated rings. The Bertz CT molecular complexity index is 613. The molecule has 2 aromatic carbocycles. The lowest BCUT2D eigenvalue weighted by molar-refractivity contribution is 0.102. The molecule has 0 unspecified atom stereocenters. The Labute approximate surface area is 132 Å². The molecule has 20 heavy (non-hydrogen) atoms. The van der Waals surface area contributed by atoms with Gasteiger partial charge >= 0.3 is 0 Å². The third kappa shape index (κ3) is 4.12. The molecule has 0 radical (unpaired) electrons. The quantitative estimate of drug-likeness (QED) is 0.768. The second kappa shape index (κ2) is 6.95. The van der Waals surface area contributed by atoms with Gasteiger partial charge in [-0.1, -0.05) is 48.0 Å². The Hall–Kier alpha value is -1.26. The highest BCUT2D eigenvalue weighted by Gasteiger charge is 2.12. The summed E-state index contributed by atoms with van der Waals surface area (Å²) in [6, 6.07) is 15.3. The highest BCUT2D eigenvalue weighted by Crippen LogP contribution is 2.27. The van der Waals surface area contributed by atoms with E-state index in [1.54, 1.807) is 11.8 Å². The van der Waals surface area contributed by atoms with E-state index in [-0.39, 0.29) is 5.91 Å². The molecule has 0 atom stereocenters. The first-order valence-corrected chi connectivity index (χ1v) is 8.06. The number of amides is 1. The van der Waals surface area contributed by atoms with Crippen LogP contribution in [0.2, 0.25) is 0 Å². The maximum Gasteiger partial charge on any atom is 0.256 e. The molecule has 2 rings (SSSR count). The monoisotopic (exact) mass is 349 g/mol. The Morgan fingerprint density at radius 1 is 1.15 bits per heavy atom. The number of thioether (sulfide) groups is 1. The molecule has 0 aliphatic heterocycles. The minimum absolute atomic E-state index is 0.0770. The van der Waals surface area contributed by atoms with Crippen LogP contribution in [0.5, 0.6) is 0 Å². The van der Waals surface area contributed by atoms with Gasteiger partial charge in [0.1, 0.15) is 0 Å². The first-order chi connectivity index (χ1) is 9.56. The first kappa shape index (κ1) is 15.1. The van der Waals surface area contributed by atoms with Gasteiger partial charge in [0, 0.05) is 20.3 Å². The molecule has 0 aliphatic rings. The van der Waals surface area contributed by atoms with Gasteiger partial charge in [-0.3, -0.25) is 4.79 Å². The van der Waals surface area contributed by atoms with E-state index in [1.165, 1.54) is 0 Å². The predicted octanol–water partition coefficient (Wildman–Crippen LogP) is 5.20. The highest BCUT2D eigenvalue weighted by molar-refractivity contribution is 9.10. The summed E-state index contributed by atoms with van der Waals surface area (Å²) in [4.78, 5) is 13.4. The molecular weight excluding hydrogens is 334 g/mol. The van der Waals surface area contributed by atoms with E-state index in [1.807, 2.05) is 48.5 Å². The van der Waals surface area contributed by atoms with Crippen molar-refractivity contribution >= 4 is 39.3 Å². The predicted molar refractivity (Wildman–Crippen MR) is 89.5 cm³/mol. The Morgan fingerprint density at radius 3 is 2.60 bits per heavy atom. The van der Waals surface area contributed by atoms with Crippen molar-refractivity contribution in [1.29, 1.82) is 0 Å². The van der Waals surface area contributed by atoms with Crippen molar-refractivity contribution in [2.24, 2.45) is 0 Å². The van der Waals surface area contributed by atoms with Crippen LogP contribution in [0.15, 0.2) is 57.9 Å². The number of carbonyl (C=O) groups is 1. The van der Waals surface area contributed by atoms with Gasteiger partial charge in [0.05, 0.1) is 5.56 Å². The maximum absolute atomic E-state index is 12.4. The van der Waals surface area contributed by atoms with Crippen molar-refractivity contribution in [3.05, 3.63) is 58.6 Å². The summed E-state index contributed by atoms with van der Waals surface area (Å²) in [6.45, 7) is 4.24. The molecule has 0 heterocycles. The third-order valence-corrected chi connectivity index (χ3v) is 4.15. The molecule has 1 amide bonds. The SMILES string of the molecule is CC(C)Sc1ccccc1C(=O)Nc1cccc(Br)c1. The second-order valence-electron chi connectivity index (χ2n) is 4.63. The van der Waals surface area contributed by atoms with Crippen molar-refractivity contribution in [3.8, 4) is 0 Å². The van der Waals surface area contributed by atoms with Crippen molar-refractivity contribution in [3.63, 3.8) is 0 Å². The van der Waals surface area contributed by atoms with Gasteiger partial charge in [-0.2, -0.15) is 0 Å². The van der Waals surface area contributed by atoms with E-state index in [4.69, 9.17) is 0 Å². The van der Waals surface area contributed by atoms with Crippen molar-refractivity contribution in [1.82, 2.24) is 0 Å². The lowest BCUT2D eigenvalue weighted by Gasteiger charge is -2.11. The minimum Gasteiger partial charge on any atom is -0.322 e. The van der Waals surface area contributed by atoms with E-state index in [2.05, 4.69) is 35.1 Å². The fraction of sp³-hybridized carbons (Fsp3) is 0.188. The summed E-state index contributed by atoms with van der Waals surface area (Å²) in [5.74, 6) is -0.0770. The first-order valence-electron chi connectivity index (χ1n) is 6.39. The maximum atomic E-state index is 12.4. The zero-order valence-corrected chi connectivity index (χ0v) is 13.8. The summed E-state index contributed by atoms with van der Waals surface area (Å²) in [6.07, 6.45) is 0. The minimum atomic E-state index is -0.0770. The van der Waals surface area contributed by atoms with Crippen LogP contribution >= 0.6 is 27.7 Å². The molecule has 1 N–H and O–H groups in total. The summed E-state index contributed by atoms with van der Waals surface area (Å²) < 4.78 is 0.945. The van der Waals surface area contributed by atoms with Crippen LogP contribution in [0, 0.1) is 0 Å². The second-order valence-corrected chi connectivity index (χ2v) is 7.16. The van der Waals surface area contributed by atoms with Gasteiger partial charge in [-0.05, 0) is 30.3 Å². The van der Waals surface area contributed by atoms with Crippen LogP contribution < -0.4 is 5.32 Å². The number of hydrogen-bond donors (Lipinski definition) is 1. The third-order valence-electron chi connectivity index (χ3n) is 2.58. The van der Waals surface area contributed by atoms with E-state index in [0.717, 1.165) is 15.1 Å². The zero-order chi connectivity index (χ0) is 14.5. The van der Waals surface area contributed by atoms with Crippen molar-refractivity contribution in [2.45, 2.75) is 24.0 Å². The molecule has 0 aromatic heterocycles. The smallest absolute Gasteiger partial charge is 0.256 e. The van der Waals surface area contributed by atoms with Crippen LogP contribution in [0.4, 0.5) is 5.69 Å². The average molecular weight is 350 g/mol. The Morgan fingerprint density at radius 2 is 1.90 bits per heavy atom. The topological polar surface area (TPSA) is 29.1 Å². The average Bonchev–Trinajstić information content (AvgIpc) is 2.38. The summed E-state index contributed by atoms with van der Waals surface area (Å²) in [5.41, 5.74) is 1.50. The van der Waals surface area contributed by atoms with Gasteiger partial charge in [0.25, 0.3) is 5.91 Å². The molecule has 0 saturated carbocycles. The van der Waals surface area contributed by atoms with Crippen LogP contribution in [-0.2, 0) is 0 Å². The molecule has 104 valence electrons. The van der Waals surface area contributed by atoms with E-state index < -0.39 is 0 Å². The highest BCUT2D eigenvalue weighted by atomic mass is 79.9. The molecule has 2 nitrogen and oxygen atoms in total. The van der Waals surface area contributed by atoms with Crippen LogP contribution in [0.25, 0.3) is 0 Å². The number of rotatable bonds is 4. The number of carbonyl (C=O) groups excluding carboxylic acids is 1. The zero-order valence-electron chi connectivity index (χ0n) is 11.4. The molecule has 2 aromatic rings. The fourth-order valence-electron chi connectivity index (χ4n) is 1.78. The van der Waals surface area contributed by atoms with E-state index >= 15 is 0 Å². The summed E-state index contributed by atoms with van der Waals surface area (Å²) >= 11 is 5.10. The van der Waals surface area contributed by atoms with Gasteiger partial charge < -0.3 is 5.32 Å². The Balaban J connectivity index is 2.21. The molecule has 0 saturated heterocycles. The van der Waals surface area contributed by atoms with Gasteiger partial charge in [0.2, 0.25) is 0 Å². The van der Waals surface area contributed by atoms with Gasteiger partial charge in [0.15, 0.2) is 0 Å². The van der Waals surface area contributed by atoms with Crippen LogP contribution in [0.3, 0.4) is 0 Å². The molecule has 0 bridgehead atoms. The number of anilines is 1. The molecule has 0 spiro atoms. The molecule has 4 heteroatoms. The fourth-order valence-corrected chi connectivity index (χ4v) is 3.13. The van der Waals surface area contributed by atoms with E-state index in [9.17, 15) is 4.79 Å². The van der Waals surface area contributed by atoms with Crippen LogP contribution in [-0.4, -0.2) is 11.2 Å². The van der Waals surface area contributed by atoms with Crippen molar-refractivity contribution in [2.75, 3.05) is 5.32 Å². The number of benzene rings is 2. The number of hydrogen-bond acceptors (Lipinski definition) is 2. The lowest BCUT2D eigenvalue weighted by Crippen LogP contribution is -2.13. The number of nitrogens with one attached hydrogen (secondary N) is 1. The lowest BCUT2D eigenvalue weighted by atomic mass is 10.2. The Kier molecular flexibility index (Phi) is 5.26. The largest absolute Gasteiger partial charge is 0.322 e. The normalized spacial score (nSPS) is 10.6. The number of halogens is 1. The van der Waals surface area contributed by atoms with Gasteiger partial charge in [-0.15, -0.1) is 11.8 Å². The molecular formula is C16H16BrNOS. The van der Waals surface area contributed by atoms with Crippen molar-refractivity contribution < 1.29 is 4.79 Å². The summed E-state index contributed by atoms with van der Waals surface area (Å²) in [7, 11) is 0. The van der Waals surface area contributed by atoms with Gasteiger partial charge in [-0.25, -0.2) is 0 Å². The molecule has 0 aliphatic carbocycles. The van der Waals surface area contributed by atoms with E-state index in [0.29, 0.717) is 10.8 Å². The van der Waals surface area contributed by atoms with Crippen LogP contribution in [0.1, 0.15) is 24.2 Å². The summed E-state index contributed by atoms with van der Waals surface area (Å²) in [5, 5.41) is 3.37.